The first-order valence-corrected chi connectivity index (χ1v) is 7.86. The van der Waals surface area contributed by atoms with Crippen molar-refractivity contribution in [2.75, 3.05) is 38.3 Å². The van der Waals surface area contributed by atoms with Gasteiger partial charge < -0.3 is 15.0 Å². The van der Waals surface area contributed by atoms with Gasteiger partial charge in [-0.05, 0) is 37.9 Å². The van der Waals surface area contributed by atoms with Crippen LogP contribution in [0, 0.1) is 0 Å². The molecule has 4 nitrogen and oxygen atoms in total. The summed E-state index contributed by atoms with van der Waals surface area (Å²) >= 11 is 0. The third-order valence-electron chi connectivity index (χ3n) is 3.92. The zero-order chi connectivity index (χ0) is 15.1. The second-order valence-electron chi connectivity index (χ2n) is 5.58. The van der Waals surface area contributed by atoms with Crippen LogP contribution < -0.4 is 10.2 Å². The second-order valence-corrected chi connectivity index (χ2v) is 5.58. The molecule has 0 aliphatic carbocycles. The van der Waals surface area contributed by atoms with Gasteiger partial charge in [-0.1, -0.05) is 19.1 Å². The van der Waals surface area contributed by atoms with Gasteiger partial charge in [0.25, 0.3) is 0 Å². The van der Waals surface area contributed by atoms with E-state index in [0.29, 0.717) is 6.04 Å². The maximum Gasteiger partial charge on any atom is 0.133 e. The molecule has 1 aliphatic heterocycles. The van der Waals surface area contributed by atoms with Gasteiger partial charge in [-0.3, -0.25) is 0 Å². The molecule has 0 saturated carbocycles. The van der Waals surface area contributed by atoms with Gasteiger partial charge >= 0.3 is 0 Å². The van der Waals surface area contributed by atoms with Crippen LogP contribution in [0.15, 0.2) is 30.0 Å². The third-order valence-corrected chi connectivity index (χ3v) is 3.92. The number of nitrogens with one attached hydrogen (secondary N) is 1. The molecule has 4 heteroatoms. The fourth-order valence-electron chi connectivity index (χ4n) is 2.70. The van der Waals surface area contributed by atoms with Crippen molar-refractivity contribution < 1.29 is 4.74 Å². The lowest BCUT2D eigenvalue weighted by Gasteiger charge is -2.30. The maximum atomic E-state index is 5.22. The van der Waals surface area contributed by atoms with Crippen molar-refractivity contribution in [3.63, 3.8) is 0 Å². The number of aromatic nitrogens is 1. The van der Waals surface area contributed by atoms with E-state index < -0.39 is 0 Å². The monoisotopic (exact) mass is 289 g/mol. The molecule has 1 aromatic heterocycles. The number of rotatable bonds is 7. The smallest absolute Gasteiger partial charge is 0.133 e. The number of anilines is 1. The Hall–Kier alpha value is -1.39. The summed E-state index contributed by atoms with van der Waals surface area (Å²) in [6.45, 7) is 8.12. The van der Waals surface area contributed by atoms with Crippen LogP contribution in [0.2, 0.25) is 0 Å². The van der Waals surface area contributed by atoms with E-state index in [-0.39, 0.29) is 0 Å². The minimum Gasteiger partial charge on any atom is -0.380 e. The molecule has 2 rings (SSSR count). The van der Waals surface area contributed by atoms with Crippen molar-refractivity contribution in [3.8, 4) is 0 Å². The Morgan fingerprint density at radius 2 is 2.33 bits per heavy atom. The van der Waals surface area contributed by atoms with Crippen molar-refractivity contribution >= 4 is 5.82 Å². The molecule has 0 aromatic carbocycles. The number of nitrogens with zero attached hydrogens (tertiary/aromatic N) is 2. The molecule has 0 amide bonds. The highest BCUT2D eigenvalue weighted by Gasteiger charge is 2.18. The number of ether oxygens (including phenoxy) is 1. The van der Waals surface area contributed by atoms with Gasteiger partial charge in [0.05, 0.1) is 6.61 Å². The van der Waals surface area contributed by atoms with Gasteiger partial charge in [0.1, 0.15) is 5.82 Å². The van der Waals surface area contributed by atoms with Crippen LogP contribution in [-0.2, 0) is 4.74 Å². The van der Waals surface area contributed by atoms with Crippen molar-refractivity contribution in [2.24, 2.45) is 0 Å². The van der Waals surface area contributed by atoms with Gasteiger partial charge in [-0.2, -0.15) is 0 Å². The van der Waals surface area contributed by atoms with E-state index in [0.717, 1.165) is 44.9 Å². The molecule has 1 atom stereocenters. The SMILES string of the molecule is CCCNC(C)c1cccnc1N1CC=C(COC)CC1. The van der Waals surface area contributed by atoms with Crippen LogP contribution in [0.4, 0.5) is 5.82 Å². The van der Waals surface area contributed by atoms with Crippen molar-refractivity contribution in [1.29, 1.82) is 0 Å². The normalized spacial score (nSPS) is 16.7. The summed E-state index contributed by atoms with van der Waals surface area (Å²) in [6.07, 6.45) is 6.36. The summed E-state index contributed by atoms with van der Waals surface area (Å²) in [5.41, 5.74) is 2.68. The standard InChI is InChI=1S/C17H27N3O/c1-4-9-18-14(2)16-6-5-10-19-17(16)20-11-7-15(8-12-20)13-21-3/h5-7,10,14,18H,4,8-9,11-13H2,1-3H3. The second kappa shape index (κ2) is 8.15. The summed E-state index contributed by atoms with van der Waals surface area (Å²) in [4.78, 5) is 6.99. The van der Waals surface area contributed by atoms with Crippen molar-refractivity contribution in [1.82, 2.24) is 10.3 Å². The Morgan fingerprint density at radius 3 is 3.00 bits per heavy atom. The first-order valence-electron chi connectivity index (χ1n) is 7.86. The number of hydrogen-bond acceptors (Lipinski definition) is 4. The Morgan fingerprint density at radius 1 is 1.48 bits per heavy atom. The molecule has 116 valence electrons. The molecule has 1 aliphatic rings. The predicted octanol–water partition coefficient (Wildman–Crippen LogP) is 2.93. The van der Waals surface area contributed by atoms with Crippen LogP contribution in [0.3, 0.4) is 0 Å². The lowest BCUT2D eigenvalue weighted by atomic mass is 10.1. The minimum absolute atomic E-state index is 0.331. The molecule has 0 bridgehead atoms. The highest BCUT2D eigenvalue weighted by Crippen LogP contribution is 2.26. The summed E-state index contributed by atoms with van der Waals surface area (Å²) in [5.74, 6) is 1.11. The van der Waals surface area contributed by atoms with E-state index in [1.54, 1.807) is 7.11 Å². The topological polar surface area (TPSA) is 37.4 Å². The molecule has 1 N–H and O–H groups in total. The largest absolute Gasteiger partial charge is 0.380 e. The van der Waals surface area contributed by atoms with E-state index in [1.165, 1.54) is 11.1 Å². The molecule has 0 saturated heterocycles. The average Bonchev–Trinajstić information content (AvgIpc) is 2.54. The molecule has 0 radical (unpaired) electrons. The van der Waals surface area contributed by atoms with Gasteiger partial charge in [0.2, 0.25) is 0 Å². The average molecular weight is 289 g/mol. The van der Waals surface area contributed by atoms with Crippen LogP contribution in [0.25, 0.3) is 0 Å². The Kier molecular flexibility index (Phi) is 6.21. The molecule has 0 fully saturated rings. The van der Waals surface area contributed by atoms with E-state index in [4.69, 9.17) is 4.74 Å². The quantitative estimate of drug-likeness (QED) is 0.783. The molecule has 1 aromatic rings. The number of pyridine rings is 1. The van der Waals surface area contributed by atoms with Crippen molar-refractivity contribution in [3.05, 3.63) is 35.5 Å². The highest BCUT2D eigenvalue weighted by molar-refractivity contribution is 5.50. The van der Waals surface area contributed by atoms with Crippen LogP contribution >= 0.6 is 0 Å². The van der Waals surface area contributed by atoms with Gasteiger partial charge in [0.15, 0.2) is 0 Å². The first kappa shape index (κ1) is 16.0. The summed E-state index contributed by atoms with van der Waals surface area (Å²) in [6, 6.07) is 4.54. The Balaban J connectivity index is 2.10. The Labute approximate surface area is 128 Å². The molecule has 21 heavy (non-hydrogen) atoms. The lowest BCUT2D eigenvalue weighted by molar-refractivity contribution is 0.222. The van der Waals surface area contributed by atoms with E-state index in [2.05, 4.69) is 41.2 Å². The van der Waals surface area contributed by atoms with Gasteiger partial charge in [-0.15, -0.1) is 0 Å². The molecule has 0 spiro atoms. The molecule has 1 unspecified atom stereocenters. The zero-order valence-electron chi connectivity index (χ0n) is 13.4. The van der Waals surface area contributed by atoms with E-state index >= 15 is 0 Å². The lowest BCUT2D eigenvalue weighted by Crippen LogP contribution is -2.32. The fourth-order valence-corrected chi connectivity index (χ4v) is 2.70. The molecular formula is C17H27N3O. The predicted molar refractivity (Wildman–Crippen MR) is 87.7 cm³/mol. The third kappa shape index (κ3) is 4.29. The van der Waals surface area contributed by atoms with Gasteiger partial charge in [-0.25, -0.2) is 4.98 Å². The summed E-state index contributed by atoms with van der Waals surface area (Å²) < 4.78 is 5.22. The zero-order valence-corrected chi connectivity index (χ0v) is 13.4. The summed E-state index contributed by atoms with van der Waals surface area (Å²) in [5, 5.41) is 3.56. The first-order chi connectivity index (χ1) is 10.3. The van der Waals surface area contributed by atoms with E-state index in [9.17, 15) is 0 Å². The highest BCUT2D eigenvalue weighted by atomic mass is 16.5. The van der Waals surface area contributed by atoms with Gasteiger partial charge in [0, 0.05) is 38.0 Å². The maximum absolute atomic E-state index is 5.22. The fraction of sp³-hybridized carbons (Fsp3) is 0.588. The number of methoxy groups -OCH3 is 1. The van der Waals surface area contributed by atoms with Crippen LogP contribution in [0.5, 0.6) is 0 Å². The number of hydrogen-bond donors (Lipinski definition) is 1. The van der Waals surface area contributed by atoms with Crippen LogP contribution in [0.1, 0.15) is 38.3 Å². The van der Waals surface area contributed by atoms with E-state index in [1.807, 2.05) is 12.3 Å². The minimum atomic E-state index is 0.331. The molecule has 2 heterocycles. The molecular weight excluding hydrogens is 262 g/mol. The summed E-state index contributed by atoms with van der Waals surface area (Å²) in [7, 11) is 1.76. The van der Waals surface area contributed by atoms with Crippen molar-refractivity contribution in [2.45, 2.75) is 32.7 Å². The van der Waals surface area contributed by atoms with Crippen LogP contribution in [-0.4, -0.2) is 38.3 Å². The Bertz CT molecular complexity index is 473.